The molecule has 3 heteroatoms. The van der Waals surface area contributed by atoms with Gasteiger partial charge in [0.2, 0.25) is 0 Å². The van der Waals surface area contributed by atoms with Crippen LogP contribution in [0.1, 0.15) is 27.7 Å². The van der Waals surface area contributed by atoms with E-state index in [2.05, 4.69) is 27.7 Å². The molecule has 0 aromatic carbocycles. The van der Waals surface area contributed by atoms with Crippen molar-refractivity contribution in [2.24, 2.45) is 11.8 Å². The number of hydrogen-bond acceptors (Lipinski definition) is 0. The van der Waals surface area contributed by atoms with Crippen molar-refractivity contribution in [1.29, 1.82) is 0 Å². The Morgan fingerprint density at radius 1 is 0.818 bits per heavy atom. The van der Waals surface area contributed by atoms with Crippen LogP contribution in [0.15, 0.2) is 0 Å². The van der Waals surface area contributed by atoms with Crippen LogP contribution in [-0.2, 0) is 0 Å². The smallest absolute Gasteiger partial charge is 0.0202 e. The molecule has 11 heavy (non-hydrogen) atoms. The Morgan fingerprint density at radius 2 is 1.09 bits per heavy atom. The summed E-state index contributed by atoms with van der Waals surface area (Å²) in [5.41, 5.74) is 0. The molecule has 0 spiro atoms. The molecule has 0 aliphatic rings. The lowest BCUT2D eigenvalue weighted by atomic mass is 10.3. The largest absolute Gasteiger partial charge is 0.114 e. The Hall–Kier alpha value is 1.18. The Kier molecular flexibility index (Phi) is 18.4. The van der Waals surface area contributed by atoms with Gasteiger partial charge in [-0.05, 0) is 0 Å². The van der Waals surface area contributed by atoms with Crippen LogP contribution in [0.4, 0.5) is 0 Å². The minimum atomic E-state index is 0. The first-order chi connectivity index (χ1) is 4.13. The Bertz CT molecular complexity index is 57.1. The van der Waals surface area contributed by atoms with Crippen LogP contribution in [0.2, 0.25) is 12.1 Å². The van der Waals surface area contributed by atoms with Crippen LogP contribution < -0.4 is 0 Å². The molecular formula is C8H22Br2Si. The third kappa shape index (κ3) is 18.3. The molecule has 0 bridgehead atoms. The van der Waals surface area contributed by atoms with Gasteiger partial charge in [0, 0.05) is 9.52 Å². The van der Waals surface area contributed by atoms with E-state index in [1.807, 2.05) is 0 Å². The molecule has 0 N–H and O–H groups in total. The summed E-state index contributed by atoms with van der Waals surface area (Å²) in [5.74, 6) is 1.91. The van der Waals surface area contributed by atoms with E-state index in [9.17, 15) is 0 Å². The molecule has 0 aromatic heterocycles. The molecular weight excluding hydrogens is 284 g/mol. The maximum absolute atomic E-state index is 2.33. The van der Waals surface area contributed by atoms with Gasteiger partial charge in [-0.3, -0.25) is 0 Å². The van der Waals surface area contributed by atoms with Gasteiger partial charge >= 0.3 is 0 Å². The minimum Gasteiger partial charge on any atom is -0.114 e. The van der Waals surface area contributed by atoms with Gasteiger partial charge in [0.05, 0.1) is 0 Å². The van der Waals surface area contributed by atoms with Crippen molar-refractivity contribution >= 4 is 43.5 Å². The van der Waals surface area contributed by atoms with Crippen molar-refractivity contribution in [3.63, 3.8) is 0 Å². The minimum absolute atomic E-state index is 0. The summed E-state index contributed by atoms with van der Waals surface area (Å²) < 4.78 is 0. The second-order valence-electron chi connectivity index (χ2n) is 3.72. The molecule has 0 saturated carbocycles. The van der Waals surface area contributed by atoms with E-state index in [1.54, 1.807) is 0 Å². The maximum Gasteiger partial charge on any atom is 0.0202 e. The Balaban J connectivity index is -0.000000320. The van der Waals surface area contributed by atoms with Gasteiger partial charge in [0.15, 0.2) is 0 Å². The quantitative estimate of drug-likeness (QED) is 0.698. The van der Waals surface area contributed by atoms with E-state index in [1.165, 1.54) is 12.1 Å². The monoisotopic (exact) mass is 304 g/mol. The van der Waals surface area contributed by atoms with Gasteiger partial charge < -0.3 is 0 Å². The van der Waals surface area contributed by atoms with Gasteiger partial charge in [-0.1, -0.05) is 51.6 Å². The van der Waals surface area contributed by atoms with Gasteiger partial charge in [-0.25, -0.2) is 0 Å². The average Bonchev–Trinajstić information content (AvgIpc) is 1.63. The maximum atomic E-state index is 2.33. The molecule has 0 unspecified atom stereocenters. The fourth-order valence-corrected chi connectivity index (χ4v) is 2.80. The van der Waals surface area contributed by atoms with Crippen molar-refractivity contribution in [2.75, 3.05) is 0 Å². The normalized spacial score (nSPS) is 9.27. The van der Waals surface area contributed by atoms with E-state index in [4.69, 9.17) is 0 Å². The molecule has 0 fully saturated rings. The molecule has 0 radical (unpaired) electrons. The van der Waals surface area contributed by atoms with Crippen LogP contribution in [0.3, 0.4) is 0 Å². The lowest BCUT2D eigenvalue weighted by Gasteiger charge is -2.04. The first-order valence-corrected chi connectivity index (χ1v) is 6.13. The van der Waals surface area contributed by atoms with Crippen molar-refractivity contribution in [3.05, 3.63) is 0 Å². The van der Waals surface area contributed by atoms with Crippen molar-refractivity contribution in [1.82, 2.24) is 0 Å². The van der Waals surface area contributed by atoms with Crippen molar-refractivity contribution in [3.8, 4) is 0 Å². The Morgan fingerprint density at radius 3 is 1.27 bits per heavy atom. The average molecular weight is 306 g/mol. The first kappa shape index (κ1) is 18.1. The summed E-state index contributed by atoms with van der Waals surface area (Å²) in [4.78, 5) is 0. The SMILES string of the molecule is Br.Br.CC(C)C[SiH2]CC(C)C. The first-order valence-electron chi connectivity index (χ1n) is 4.13. The lowest BCUT2D eigenvalue weighted by Crippen LogP contribution is -1.99. The third-order valence-corrected chi connectivity index (χ3v) is 4.69. The van der Waals surface area contributed by atoms with E-state index in [0.717, 1.165) is 11.8 Å². The molecule has 72 valence electrons. The van der Waals surface area contributed by atoms with Crippen LogP contribution in [0, 0.1) is 11.8 Å². The zero-order valence-corrected chi connectivity index (χ0v) is 12.9. The summed E-state index contributed by atoms with van der Waals surface area (Å²) >= 11 is 0. The number of hydrogen-bond donors (Lipinski definition) is 0. The summed E-state index contributed by atoms with van der Waals surface area (Å²) in [7, 11) is 0.316. The summed E-state index contributed by atoms with van der Waals surface area (Å²) in [5, 5.41) is 0. The second kappa shape index (κ2) is 11.2. The third-order valence-electron chi connectivity index (χ3n) is 1.56. The molecule has 0 saturated heterocycles. The zero-order valence-electron chi connectivity index (χ0n) is 8.09. The number of rotatable bonds is 4. The zero-order chi connectivity index (χ0) is 7.28. The van der Waals surface area contributed by atoms with E-state index >= 15 is 0 Å². The van der Waals surface area contributed by atoms with Crippen LogP contribution in [-0.4, -0.2) is 9.52 Å². The molecule has 0 rings (SSSR count). The fourth-order valence-electron chi connectivity index (χ4n) is 0.934. The molecule has 0 aromatic rings. The van der Waals surface area contributed by atoms with Crippen LogP contribution in [0.5, 0.6) is 0 Å². The highest BCUT2D eigenvalue weighted by Gasteiger charge is 1.96. The van der Waals surface area contributed by atoms with Gasteiger partial charge in [-0.15, -0.1) is 34.0 Å². The summed E-state index contributed by atoms with van der Waals surface area (Å²) in [6.45, 7) is 9.31. The molecule has 0 nitrogen and oxygen atoms in total. The lowest BCUT2D eigenvalue weighted by molar-refractivity contribution is 0.700. The standard InChI is InChI=1S/C8H20Si.2BrH/c1-7(2)5-9-6-8(3)4;;/h7-8H,5-6,9H2,1-4H3;2*1H. The van der Waals surface area contributed by atoms with Crippen molar-refractivity contribution < 1.29 is 0 Å². The fraction of sp³-hybridized carbons (Fsp3) is 1.00. The molecule has 0 atom stereocenters. The van der Waals surface area contributed by atoms with Crippen molar-refractivity contribution in [2.45, 2.75) is 39.8 Å². The van der Waals surface area contributed by atoms with E-state index in [-0.39, 0.29) is 34.0 Å². The highest BCUT2D eigenvalue weighted by Crippen LogP contribution is 2.05. The molecule has 0 aliphatic carbocycles. The molecule has 0 amide bonds. The van der Waals surface area contributed by atoms with Crippen LogP contribution >= 0.6 is 34.0 Å². The number of halogens is 2. The van der Waals surface area contributed by atoms with Gasteiger partial charge in [-0.2, -0.15) is 0 Å². The van der Waals surface area contributed by atoms with Crippen LogP contribution in [0.25, 0.3) is 0 Å². The highest BCUT2D eigenvalue weighted by atomic mass is 79.9. The molecule has 0 aliphatic heterocycles. The predicted molar refractivity (Wildman–Crippen MR) is 68.5 cm³/mol. The highest BCUT2D eigenvalue weighted by molar-refractivity contribution is 8.93. The topological polar surface area (TPSA) is 0 Å². The van der Waals surface area contributed by atoms with Gasteiger partial charge in [0.25, 0.3) is 0 Å². The van der Waals surface area contributed by atoms with E-state index < -0.39 is 0 Å². The predicted octanol–water partition coefficient (Wildman–Crippen LogP) is 3.46. The summed E-state index contributed by atoms with van der Waals surface area (Å²) in [6.07, 6.45) is 0. The summed E-state index contributed by atoms with van der Waals surface area (Å²) in [6, 6.07) is 3.08. The molecule has 0 heterocycles. The van der Waals surface area contributed by atoms with E-state index in [0.29, 0.717) is 9.52 Å². The second-order valence-corrected chi connectivity index (χ2v) is 5.58. The Labute approximate surface area is 94.9 Å². The van der Waals surface area contributed by atoms with Gasteiger partial charge in [0.1, 0.15) is 0 Å².